The Labute approximate surface area is 175 Å². The summed E-state index contributed by atoms with van der Waals surface area (Å²) in [6.07, 6.45) is -0.173. The second-order valence-corrected chi connectivity index (χ2v) is 8.05. The van der Waals surface area contributed by atoms with Crippen LogP contribution in [0, 0.1) is 6.92 Å². The zero-order chi connectivity index (χ0) is 20.7. The van der Waals surface area contributed by atoms with Gasteiger partial charge in [-0.15, -0.1) is 0 Å². The molecule has 30 heavy (non-hydrogen) atoms. The number of esters is 2. The predicted molar refractivity (Wildman–Crippen MR) is 113 cm³/mol. The Bertz CT molecular complexity index is 1090. The molecule has 150 valence electrons. The molecule has 4 atom stereocenters. The van der Waals surface area contributed by atoms with Gasteiger partial charge in [-0.3, -0.25) is 0 Å². The van der Waals surface area contributed by atoms with E-state index in [2.05, 4.69) is 25.1 Å². The fraction of sp³-hybridized carbons (Fsp3) is 0.231. The number of ether oxygens (including phenoxy) is 2. The van der Waals surface area contributed by atoms with E-state index in [0.717, 1.165) is 6.42 Å². The third-order valence-electron chi connectivity index (χ3n) is 6.17. The number of carbonyl (C=O) groups is 2. The lowest BCUT2D eigenvalue weighted by Gasteiger charge is -2.32. The molecule has 0 aliphatic heterocycles. The fourth-order valence-electron chi connectivity index (χ4n) is 4.79. The summed E-state index contributed by atoms with van der Waals surface area (Å²) in [5.41, 5.74) is 4.57. The minimum Gasteiger partial charge on any atom is -0.454 e. The molecule has 2 unspecified atom stereocenters. The van der Waals surface area contributed by atoms with E-state index < -0.39 is 12.2 Å². The van der Waals surface area contributed by atoms with Gasteiger partial charge in [-0.25, -0.2) is 9.59 Å². The van der Waals surface area contributed by atoms with E-state index in [0.29, 0.717) is 11.1 Å². The standard InChI is InChI=1S/C26H22O4/c1-16-12-13-19-20(14-16)22-15-21(19)23(29-25(27)17-8-4-2-5-9-17)24(22)30-26(28)18-10-6-3-7-11-18/h2-14,21-24H,15H2,1H3/t21?,22?,23-,24+/m0/s1. The average molecular weight is 398 g/mol. The van der Waals surface area contributed by atoms with Crippen LogP contribution in [0.5, 0.6) is 0 Å². The average Bonchev–Trinajstić information content (AvgIpc) is 3.31. The van der Waals surface area contributed by atoms with E-state index in [4.69, 9.17) is 9.47 Å². The van der Waals surface area contributed by atoms with Crippen molar-refractivity contribution in [3.63, 3.8) is 0 Å². The Morgan fingerprint density at radius 1 is 0.700 bits per heavy atom. The molecule has 3 aromatic carbocycles. The fourth-order valence-corrected chi connectivity index (χ4v) is 4.79. The Morgan fingerprint density at radius 2 is 1.20 bits per heavy atom. The molecule has 0 heterocycles. The number of fused-ring (bicyclic) bond motifs is 5. The van der Waals surface area contributed by atoms with Crippen LogP contribution in [0.2, 0.25) is 0 Å². The van der Waals surface area contributed by atoms with Gasteiger partial charge in [0.15, 0.2) is 0 Å². The summed E-state index contributed by atoms with van der Waals surface area (Å²) in [7, 11) is 0. The van der Waals surface area contributed by atoms with Crippen LogP contribution in [0.15, 0.2) is 78.9 Å². The van der Waals surface area contributed by atoms with Crippen molar-refractivity contribution in [3.8, 4) is 0 Å². The van der Waals surface area contributed by atoms with Gasteiger partial charge in [-0.1, -0.05) is 60.2 Å². The van der Waals surface area contributed by atoms with Crippen molar-refractivity contribution in [1.29, 1.82) is 0 Å². The van der Waals surface area contributed by atoms with Gasteiger partial charge in [0.25, 0.3) is 0 Å². The maximum atomic E-state index is 12.8. The van der Waals surface area contributed by atoms with Gasteiger partial charge in [0.05, 0.1) is 11.1 Å². The number of hydrogen-bond acceptors (Lipinski definition) is 4. The molecule has 1 fully saturated rings. The Kier molecular flexibility index (Phi) is 4.62. The van der Waals surface area contributed by atoms with E-state index in [-0.39, 0.29) is 23.8 Å². The molecule has 0 spiro atoms. The van der Waals surface area contributed by atoms with Crippen molar-refractivity contribution in [1.82, 2.24) is 0 Å². The van der Waals surface area contributed by atoms with E-state index >= 15 is 0 Å². The molecule has 0 aromatic heterocycles. The molecule has 2 aliphatic rings. The summed E-state index contributed by atoms with van der Waals surface area (Å²) in [5, 5.41) is 0. The van der Waals surface area contributed by atoms with E-state index in [9.17, 15) is 9.59 Å². The number of carbonyl (C=O) groups excluding carboxylic acids is 2. The summed E-state index contributed by atoms with van der Waals surface area (Å²) in [4.78, 5) is 25.6. The molecule has 0 amide bonds. The predicted octanol–water partition coefficient (Wildman–Crippen LogP) is 5.03. The van der Waals surface area contributed by atoms with Gasteiger partial charge >= 0.3 is 11.9 Å². The topological polar surface area (TPSA) is 52.6 Å². The number of rotatable bonds is 4. The van der Waals surface area contributed by atoms with Gasteiger partial charge in [-0.2, -0.15) is 0 Å². The lowest BCUT2D eigenvalue weighted by atomic mass is 9.86. The maximum Gasteiger partial charge on any atom is 0.338 e. The zero-order valence-corrected chi connectivity index (χ0v) is 16.7. The largest absolute Gasteiger partial charge is 0.454 e. The second kappa shape index (κ2) is 7.45. The normalized spacial score (nSPS) is 23.6. The highest BCUT2D eigenvalue weighted by Gasteiger charge is 2.55. The van der Waals surface area contributed by atoms with Crippen LogP contribution in [0.4, 0.5) is 0 Å². The van der Waals surface area contributed by atoms with Gasteiger partial charge < -0.3 is 9.47 Å². The summed E-state index contributed by atoms with van der Waals surface area (Å²) >= 11 is 0. The highest BCUT2D eigenvalue weighted by atomic mass is 16.6. The van der Waals surface area contributed by atoms with Crippen molar-refractivity contribution in [2.75, 3.05) is 0 Å². The first kappa shape index (κ1) is 18.6. The second-order valence-electron chi connectivity index (χ2n) is 8.05. The van der Waals surface area contributed by atoms with Crippen LogP contribution < -0.4 is 0 Å². The molecular formula is C26H22O4. The zero-order valence-electron chi connectivity index (χ0n) is 16.7. The number of hydrogen-bond donors (Lipinski definition) is 0. The lowest BCUT2D eigenvalue weighted by molar-refractivity contribution is -0.0348. The highest BCUT2D eigenvalue weighted by Crippen LogP contribution is 2.55. The highest BCUT2D eigenvalue weighted by molar-refractivity contribution is 5.90. The molecular weight excluding hydrogens is 376 g/mol. The SMILES string of the molecule is Cc1ccc2c(c1)C1CC2[C@H](OC(=O)c2ccccc2)[C@@H]1OC(=O)c1ccccc1. The van der Waals surface area contributed by atoms with E-state index in [1.54, 1.807) is 24.3 Å². The van der Waals surface area contributed by atoms with Crippen molar-refractivity contribution in [2.24, 2.45) is 0 Å². The van der Waals surface area contributed by atoms with Crippen LogP contribution in [0.3, 0.4) is 0 Å². The monoisotopic (exact) mass is 398 g/mol. The first-order valence-electron chi connectivity index (χ1n) is 10.2. The van der Waals surface area contributed by atoms with Crippen LogP contribution in [-0.2, 0) is 9.47 Å². The van der Waals surface area contributed by atoms with Gasteiger partial charge in [0.2, 0.25) is 0 Å². The minimum atomic E-state index is -0.496. The number of benzene rings is 3. The van der Waals surface area contributed by atoms with Crippen LogP contribution in [0.25, 0.3) is 0 Å². The summed E-state index contributed by atoms with van der Waals surface area (Å²) in [6, 6.07) is 24.3. The van der Waals surface area contributed by atoms with Crippen molar-refractivity contribution < 1.29 is 19.1 Å². The van der Waals surface area contributed by atoms with E-state index in [1.807, 2.05) is 36.4 Å². The molecule has 0 N–H and O–H groups in total. The summed E-state index contributed by atoms with van der Waals surface area (Å²) in [6.45, 7) is 2.06. The molecule has 0 saturated heterocycles. The van der Waals surface area contributed by atoms with Crippen LogP contribution >= 0.6 is 0 Å². The molecule has 2 bridgehead atoms. The van der Waals surface area contributed by atoms with Crippen LogP contribution in [0.1, 0.15) is 55.7 Å². The van der Waals surface area contributed by atoms with Gasteiger partial charge in [0.1, 0.15) is 12.2 Å². The molecule has 2 aliphatic carbocycles. The van der Waals surface area contributed by atoms with Gasteiger partial charge in [0, 0.05) is 11.8 Å². The molecule has 4 nitrogen and oxygen atoms in total. The third-order valence-corrected chi connectivity index (χ3v) is 6.17. The first-order valence-corrected chi connectivity index (χ1v) is 10.2. The van der Waals surface area contributed by atoms with E-state index in [1.165, 1.54) is 16.7 Å². The Morgan fingerprint density at radius 3 is 1.73 bits per heavy atom. The van der Waals surface area contributed by atoms with Crippen molar-refractivity contribution in [3.05, 3.63) is 107 Å². The van der Waals surface area contributed by atoms with Gasteiger partial charge in [-0.05, 0) is 48.7 Å². The minimum absolute atomic E-state index is 0.0335. The molecule has 4 heteroatoms. The van der Waals surface area contributed by atoms with Crippen LogP contribution in [-0.4, -0.2) is 24.1 Å². The molecule has 5 rings (SSSR count). The smallest absolute Gasteiger partial charge is 0.338 e. The molecule has 0 radical (unpaired) electrons. The Hall–Kier alpha value is -3.40. The van der Waals surface area contributed by atoms with Crippen molar-refractivity contribution >= 4 is 11.9 Å². The summed E-state index contributed by atoms with van der Waals surface area (Å²) in [5.74, 6) is -0.705. The van der Waals surface area contributed by atoms with Crippen molar-refractivity contribution in [2.45, 2.75) is 37.4 Å². The first-order chi connectivity index (χ1) is 14.6. The summed E-state index contributed by atoms with van der Waals surface area (Å²) < 4.78 is 11.9. The molecule has 3 aromatic rings. The molecule has 1 saturated carbocycles. The Balaban J connectivity index is 1.46. The quantitative estimate of drug-likeness (QED) is 0.579. The number of aryl methyl sites for hydroxylation is 1. The third kappa shape index (κ3) is 3.18. The lowest BCUT2D eigenvalue weighted by Crippen LogP contribution is -2.39. The maximum absolute atomic E-state index is 12.8.